The smallest absolute Gasteiger partial charge is 0.0703 e. The Morgan fingerprint density at radius 1 is 0.172 bits per heavy atom. The molecule has 2 aliphatic heterocycles. The molecule has 0 aromatic heterocycles. The predicted octanol–water partition coefficient (Wildman–Crippen LogP) is 15.7. The molecule has 58 heavy (non-hydrogen) atoms. The molecular weight excluding hydrogens is 705 g/mol. The van der Waals surface area contributed by atoms with E-state index in [1.54, 1.807) is 0 Å². The molecule has 0 bridgehead atoms. The van der Waals surface area contributed by atoms with E-state index >= 15 is 0 Å². The molecule has 10 aromatic carbocycles. The predicted molar refractivity (Wildman–Crippen MR) is 245 cm³/mol. The lowest BCUT2D eigenvalue weighted by molar-refractivity contribution is 1.17. The molecule has 0 amide bonds. The van der Waals surface area contributed by atoms with Crippen molar-refractivity contribution in [3.8, 4) is 0 Å². The zero-order valence-corrected chi connectivity index (χ0v) is 31.6. The third kappa shape index (κ3) is 4.82. The highest BCUT2D eigenvalue weighted by Crippen LogP contribution is 2.56. The maximum absolute atomic E-state index is 2.43. The molecule has 2 aliphatic rings. The van der Waals surface area contributed by atoms with Crippen molar-refractivity contribution in [3.63, 3.8) is 0 Å². The fraction of sp³-hybridized carbons (Fsp3) is 0. The van der Waals surface area contributed by atoms with Gasteiger partial charge in [-0.3, -0.25) is 0 Å². The highest BCUT2D eigenvalue weighted by molar-refractivity contribution is 6.26. The molecule has 0 spiro atoms. The second-order valence-electron chi connectivity index (χ2n) is 15.0. The standard InChI is InChI=1S/C54H36N4/c1-3-17-37(18-4-1)55-47-23-9-13-27-51(47)57(52-28-14-10-24-48(52)55)39-31-33-43-41-21-7-8-22-42(41)44-34-32-40(36-46(44)45(43)35-39)58-53-29-15-11-25-49(53)56(38-19-5-2-6-20-38)50-26-12-16-30-54(50)58/h1-36H. The summed E-state index contributed by atoms with van der Waals surface area (Å²) in [5, 5.41) is 7.43. The zero-order valence-electron chi connectivity index (χ0n) is 31.6. The maximum Gasteiger partial charge on any atom is 0.0703 e. The first-order valence-electron chi connectivity index (χ1n) is 19.9. The van der Waals surface area contributed by atoms with Crippen molar-refractivity contribution in [2.45, 2.75) is 0 Å². The first-order chi connectivity index (χ1) is 28.8. The van der Waals surface area contributed by atoms with E-state index in [4.69, 9.17) is 0 Å². The molecule has 0 fully saturated rings. The van der Waals surface area contributed by atoms with Crippen LogP contribution in [0.3, 0.4) is 0 Å². The van der Waals surface area contributed by atoms with Crippen LogP contribution in [0.2, 0.25) is 0 Å². The van der Waals surface area contributed by atoms with Gasteiger partial charge in [-0.2, -0.15) is 0 Å². The highest BCUT2D eigenvalue weighted by atomic mass is 15.3. The van der Waals surface area contributed by atoms with Crippen molar-refractivity contribution in [1.29, 1.82) is 0 Å². The van der Waals surface area contributed by atoms with Gasteiger partial charge in [0, 0.05) is 22.7 Å². The van der Waals surface area contributed by atoms with Crippen LogP contribution >= 0.6 is 0 Å². The second-order valence-corrected chi connectivity index (χ2v) is 15.0. The van der Waals surface area contributed by atoms with Gasteiger partial charge in [-0.25, -0.2) is 0 Å². The zero-order chi connectivity index (χ0) is 38.2. The summed E-state index contributed by atoms with van der Waals surface area (Å²) in [5.41, 5.74) is 13.6. The minimum absolute atomic E-state index is 1.12. The van der Waals surface area contributed by atoms with E-state index in [2.05, 4.69) is 238 Å². The third-order valence-electron chi connectivity index (χ3n) is 11.8. The summed E-state index contributed by atoms with van der Waals surface area (Å²) in [4.78, 5) is 9.63. The molecule has 0 N–H and O–H groups in total. The molecule has 10 aromatic rings. The minimum Gasteiger partial charge on any atom is -0.306 e. The van der Waals surface area contributed by atoms with Crippen LogP contribution in [-0.2, 0) is 0 Å². The largest absolute Gasteiger partial charge is 0.306 e. The van der Waals surface area contributed by atoms with Crippen LogP contribution in [0.15, 0.2) is 218 Å². The molecular formula is C54H36N4. The normalized spacial score (nSPS) is 13.0. The Labute approximate surface area is 337 Å². The average molecular weight is 741 g/mol. The Bertz CT molecular complexity index is 2900. The van der Waals surface area contributed by atoms with Crippen LogP contribution in [0.25, 0.3) is 32.3 Å². The molecule has 0 saturated heterocycles. The second kappa shape index (κ2) is 12.9. The van der Waals surface area contributed by atoms with Gasteiger partial charge < -0.3 is 19.6 Å². The SMILES string of the molecule is c1ccc(N2c3ccccc3N(c3ccc4c5ccccc5c5ccc(N6c7ccccc7N(c7ccccc7)c7ccccc76)cc5c4c3)c3ccccc32)cc1. The quantitative estimate of drug-likeness (QED) is 0.167. The monoisotopic (exact) mass is 740 g/mol. The van der Waals surface area contributed by atoms with Crippen LogP contribution in [0.5, 0.6) is 0 Å². The van der Waals surface area contributed by atoms with Gasteiger partial charge in [0.2, 0.25) is 0 Å². The number of para-hydroxylation sites is 10. The van der Waals surface area contributed by atoms with Crippen molar-refractivity contribution in [1.82, 2.24) is 0 Å². The van der Waals surface area contributed by atoms with E-state index in [1.807, 2.05) is 0 Å². The van der Waals surface area contributed by atoms with Gasteiger partial charge in [0.25, 0.3) is 0 Å². The Kier molecular flexibility index (Phi) is 7.20. The lowest BCUT2D eigenvalue weighted by Crippen LogP contribution is -2.24. The number of hydrogen-bond acceptors (Lipinski definition) is 4. The molecule has 0 radical (unpaired) electrons. The van der Waals surface area contributed by atoms with Gasteiger partial charge >= 0.3 is 0 Å². The molecule has 4 nitrogen and oxygen atoms in total. The van der Waals surface area contributed by atoms with Gasteiger partial charge in [-0.05, 0) is 129 Å². The fourth-order valence-corrected chi connectivity index (χ4v) is 9.37. The lowest BCUT2D eigenvalue weighted by Gasteiger charge is -2.40. The van der Waals surface area contributed by atoms with Crippen LogP contribution in [-0.4, -0.2) is 0 Å². The summed E-state index contributed by atoms with van der Waals surface area (Å²) in [6, 6.07) is 79.3. The van der Waals surface area contributed by atoms with Crippen molar-refractivity contribution in [3.05, 3.63) is 218 Å². The minimum atomic E-state index is 1.12. The number of hydrogen-bond donors (Lipinski definition) is 0. The third-order valence-corrected chi connectivity index (χ3v) is 11.8. The van der Waals surface area contributed by atoms with E-state index in [0.717, 1.165) is 68.2 Å². The highest BCUT2D eigenvalue weighted by Gasteiger charge is 2.32. The van der Waals surface area contributed by atoms with Crippen LogP contribution in [0.1, 0.15) is 0 Å². The Hall–Kier alpha value is -7.82. The van der Waals surface area contributed by atoms with E-state index in [0.29, 0.717) is 0 Å². The first-order valence-corrected chi connectivity index (χ1v) is 19.9. The summed E-state index contributed by atoms with van der Waals surface area (Å²) >= 11 is 0. The van der Waals surface area contributed by atoms with Gasteiger partial charge in [-0.15, -0.1) is 0 Å². The Balaban J connectivity index is 1.09. The van der Waals surface area contributed by atoms with Crippen LogP contribution in [0.4, 0.5) is 68.2 Å². The van der Waals surface area contributed by atoms with Crippen molar-refractivity contribution in [2.75, 3.05) is 19.6 Å². The van der Waals surface area contributed by atoms with Gasteiger partial charge in [0.05, 0.1) is 45.5 Å². The van der Waals surface area contributed by atoms with Gasteiger partial charge in [-0.1, -0.05) is 121 Å². The van der Waals surface area contributed by atoms with Gasteiger partial charge in [0.15, 0.2) is 0 Å². The van der Waals surface area contributed by atoms with Gasteiger partial charge in [0.1, 0.15) is 0 Å². The summed E-state index contributed by atoms with van der Waals surface area (Å²) in [6.07, 6.45) is 0. The van der Waals surface area contributed by atoms with Crippen molar-refractivity contribution in [2.24, 2.45) is 0 Å². The Morgan fingerprint density at radius 2 is 0.414 bits per heavy atom. The molecule has 0 unspecified atom stereocenters. The number of fused-ring (bicyclic) bond motifs is 10. The number of anilines is 12. The molecule has 0 atom stereocenters. The van der Waals surface area contributed by atoms with E-state index in [9.17, 15) is 0 Å². The number of benzene rings is 10. The van der Waals surface area contributed by atoms with E-state index in [1.165, 1.54) is 32.3 Å². The Morgan fingerprint density at radius 3 is 0.724 bits per heavy atom. The molecule has 0 saturated carbocycles. The average Bonchev–Trinajstić information content (AvgIpc) is 3.30. The molecule has 0 aliphatic carbocycles. The molecule has 4 heteroatoms. The molecule has 272 valence electrons. The summed E-state index contributed by atoms with van der Waals surface area (Å²) < 4.78 is 0. The van der Waals surface area contributed by atoms with Crippen molar-refractivity contribution >= 4 is 101 Å². The maximum atomic E-state index is 2.43. The van der Waals surface area contributed by atoms with Crippen LogP contribution in [0, 0.1) is 0 Å². The summed E-state index contributed by atoms with van der Waals surface area (Å²) in [6.45, 7) is 0. The topological polar surface area (TPSA) is 13.0 Å². The number of rotatable bonds is 4. The van der Waals surface area contributed by atoms with E-state index < -0.39 is 0 Å². The summed E-state index contributed by atoms with van der Waals surface area (Å²) in [5.74, 6) is 0. The summed E-state index contributed by atoms with van der Waals surface area (Å²) in [7, 11) is 0. The molecule has 2 heterocycles. The molecule has 12 rings (SSSR count). The fourth-order valence-electron chi connectivity index (χ4n) is 9.37. The van der Waals surface area contributed by atoms with Crippen molar-refractivity contribution < 1.29 is 0 Å². The number of nitrogens with zero attached hydrogens (tertiary/aromatic N) is 4. The van der Waals surface area contributed by atoms with Crippen LogP contribution < -0.4 is 19.6 Å². The van der Waals surface area contributed by atoms with E-state index in [-0.39, 0.29) is 0 Å². The lowest BCUT2D eigenvalue weighted by atomic mass is 9.93. The first kappa shape index (κ1) is 32.4.